The maximum Gasteiger partial charge on any atom is 0.230 e. The van der Waals surface area contributed by atoms with E-state index in [0.29, 0.717) is 6.61 Å². The quantitative estimate of drug-likeness (QED) is 0.653. The molecule has 0 spiro atoms. The molecule has 0 saturated carbocycles. The average molecular weight is 256 g/mol. The van der Waals surface area contributed by atoms with E-state index in [4.69, 9.17) is 4.74 Å². The Labute approximate surface area is 110 Å². The molecule has 3 rings (SSSR count). The first-order chi connectivity index (χ1) is 8.88. The summed E-state index contributed by atoms with van der Waals surface area (Å²) in [5.74, 6) is 0.955. The maximum atomic E-state index is 5.64. The van der Waals surface area contributed by atoms with Crippen molar-refractivity contribution in [1.82, 2.24) is 0 Å². The van der Waals surface area contributed by atoms with Crippen LogP contribution in [0.25, 0.3) is 16.5 Å². The van der Waals surface area contributed by atoms with Crippen LogP contribution in [0.2, 0.25) is 0 Å². The number of aromatic nitrogens is 1. The van der Waals surface area contributed by atoms with Crippen LogP contribution in [-0.2, 0) is 0 Å². The van der Waals surface area contributed by atoms with Gasteiger partial charge in [-0.05, 0) is 24.4 Å². The molecule has 3 heteroatoms. The summed E-state index contributed by atoms with van der Waals surface area (Å²) in [5.41, 5.74) is 3.27. The van der Waals surface area contributed by atoms with E-state index in [2.05, 4.69) is 45.9 Å². The number of fused-ring (bicyclic) bond motifs is 1. The smallest absolute Gasteiger partial charge is 0.230 e. The lowest BCUT2D eigenvalue weighted by molar-refractivity contribution is -0.590. The lowest BCUT2D eigenvalue weighted by atomic mass is 10.1. The molecule has 0 atom stereocenters. The van der Waals surface area contributed by atoms with Crippen molar-refractivity contribution in [3.8, 4) is 11.4 Å². The van der Waals surface area contributed by atoms with Crippen LogP contribution in [-0.4, -0.2) is 6.61 Å². The zero-order chi connectivity index (χ0) is 12.4. The minimum absolute atomic E-state index is 0.695. The summed E-state index contributed by atoms with van der Waals surface area (Å²) < 4.78 is 7.77. The van der Waals surface area contributed by atoms with Gasteiger partial charge in [0, 0.05) is 17.5 Å². The molecular formula is C15H14NOS+. The van der Waals surface area contributed by atoms with E-state index in [0.717, 1.165) is 5.75 Å². The van der Waals surface area contributed by atoms with Gasteiger partial charge in [-0.3, -0.25) is 0 Å². The Morgan fingerprint density at radius 1 is 1.22 bits per heavy atom. The standard InChI is InChI=1S/C15H14NOS/c1-2-17-15-5-3-4-12-10-13(6-7-14(12)15)16-8-9-18-11-16/h3-11H,2H2,1H3/q+1. The molecule has 0 N–H and O–H groups in total. The molecule has 0 aliphatic rings. The molecule has 1 aromatic heterocycles. The zero-order valence-corrected chi connectivity index (χ0v) is 11.0. The van der Waals surface area contributed by atoms with Crippen LogP contribution in [0.3, 0.4) is 0 Å². The van der Waals surface area contributed by atoms with Gasteiger partial charge >= 0.3 is 0 Å². The second-order valence-corrected chi connectivity index (χ2v) is 4.78. The van der Waals surface area contributed by atoms with Crippen LogP contribution in [0.4, 0.5) is 0 Å². The SMILES string of the molecule is CCOc1cccc2cc(-[n+]3ccsc3)ccc12. The van der Waals surface area contributed by atoms with Crippen molar-refractivity contribution >= 4 is 22.1 Å². The highest BCUT2D eigenvalue weighted by atomic mass is 32.1. The predicted octanol–water partition coefficient (Wildman–Crippen LogP) is 3.58. The van der Waals surface area contributed by atoms with E-state index in [1.807, 2.05) is 19.1 Å². The van der Waals surface area contributed by atoms with Gasteiger partial charge < -0.3 is 4.74 Å². The lowest BCUT2D eigenvalue weighted by Gasteiger charge is -2.06. The van der Waals surface area contributed by atoms with Crippen molar-refractivity contribution in [3.63, 3.8) is 0 Å². The first-order valence-electron chi connectivity index (χ1n) is 5.98. The van der Waals surface area contributed by atoms with Gasteiger partial charge in [-0.1, -0.05) is 23.5 Å². The summed E-state index contributed by atoms with van der Waals surface area (Å²) in [6, 6.07) is 12.6. The second-order valence-electron chi connectivity index (χ2n) is 4.03. The predicted molar refractivity (Wildman–Crippen MR) is 74.5 cm³/mol. The molecule has 0 saturated heterocycles. The summed E-state index contributed by atoms with van der Waals surface area (Å²) in [6.07, 6.45) is 2.07. The van der Waals surface area contributed by atoms with Gasteiger partial charge in [0.15, 0.2) is 6.20 Å². The Hall–Kier alpha value is -1.87. The van der Waals surface area contributed by atoms with E-state index in [-0.39, 0.29) is 0 Å². The molecule has 2 aromatic carbocycles. The van der Waals surface area contributed by atoms with E-state index in [1.54, 1.807) is 11.3 Å². The van der Waals surface area contributed by atoms with E-state index in [1.165, 1.54) is 16.5 Å². The van der Waals surface area contributed by atoms with Crippen molar-refractivity contribution < 1.29 is 9.30 Å². The Morgan fingerprint density at radius 3 is 2.94 bits per heavy atom. The number of nitrogens with zero attached hydrogens (tertiary/aromatic N) is 1. The summed E-state index contributed by atoms with van der Waals surface area (Å²) in [6.45, 7) is 2.70. The van der Waals surface area contributed by atoms with E-state index in [9.17, 15) is 0 Å². The van der Waals surface area contributed by atoms with Crippen molar-refractivity contribution in [2.45, 2.75) is 6.92 Å². The normalized spacial score (nSPS) is 10.7. The molecular weight excluding hydrogens is 242 g/mol. The summed E-state index contributed by atoms with van der Waals surface area (Å²) in [5, 5.41) is 4.44. The summed E-state index contributed by atoms with van der Waals surface area (Å²) in [4.78, 5) is 0. The fraction of sp³-hybridized carbons (Fsp3) is 0.133. The largest absolute Gasteiger partial charge is 0.493 e. The molecule has 0 bridgehead atoms. The third kappa shape index (κ3) is 1.97. The fourth-order valence-corrected chi connectivity index (χ4v) is 2.66. The first kappa shape index (κ1) is 11.2. The van der Waals surface area contributed by atoms with Crippen LogP contribution in [0.1, 0.15) is 6.92 Å². The van der Waals surface area contributed by atoms with Crippen LogP contribution >= 0.6 is 11.3 Å². The third-order valence-corrected chi connectivity index (χ3v) is 3.52. The molecule has 0 radical (unpaired) electrons. The Balaban J connectivity index is 2.13. The van der Waals surface area contributed by atoms with E-state index < -0.39 is 0 Å². The molecule has 0 aliphatic carbocycles. The zero-order valence-electron chi connectivity index (χ0n) is 10.2. The maximum absolute atomic E-state index is 5.64. The van der Waals surface area contributed by atoms with Gasteiger partial charge in [-0.25, -0.2) is 0 Å². The molecule has 0 fully saturated rings. The number of rotatable bonds is 3. The van der Waals surface area contributed by atoms with Crippen molar-refractivity contribution in [3.05, 3.63) is 53.5 Å². The van der Waals surface area contributed by atoms with E-state index >= 15 is 0 Å². The molecule has 0 amide bonds. The molecule has 3 aromatic rings. The molecule has 2 nitrogen and oxygen atoms in total. The monoisotopic (exact) mass is 256 g/mol. The van der Waals surface area contributed by atoms with Gasteiger partial charge in [0.25, 0.3) is 0 Å². The van der Waals surface area contributed by atoms with Gasteiger partial charge in [-0.2, -0.15) is 4.57 Å². The minimum atomic E-state index is 0.695. The van der Waals surface area contributed by atoms with Gasteiger partial charge in [0.1, 0.15) is 5.75 Å². The minimum Gasteiger partial charge on any atom is -0.493 e. The molecule has 90 valence electrons. The molecule has 1 heterocycles. The molecule has 0 unspecified atom stereocenters. The van der Waals surface area contributed by atoms with Crippen LogP contribution < -0.4 is 9.30 Å². The van der Waals surface area contributed by atoms with Crippen molar-refractivity contribution in [2.24, 2.45) is 0 Å². The average Bonchev–Trinajstić information content (AvgIpc) is 2.93. The Kier molecular flexibility index (Phi) is 2.99. The third-order valence-electron chi connectivity index (χ3n) is 2.90. The highest BCUT2D eigenvalue weighted by Crippen LogP contribution is 2.26. The van der Waals surface area contributed by atoms with Crippen LogP contribution in [0.5, 0.6) is 5.75 Å². The number of ether oxygens (including phenoxy) is 1. The highest BCUT2D eigenvalue weighted by Gasteiger charge is 2.08. The van der Waals surface area contributed by atoms with Crippen molar-refractivity contribution in [2.75, 3.05) is 6.61 Å². The number of hydrogen-bond acceptors (Lipinski definition) is 2. The van der Waals surface area contributed by atoms with Crippen LogP contribution in [0.15, 0.2) is 53.5 Å². The van der Waals surface area contributed by atoms with Crippen molar-refractivity contribution in [1.29, 1.82) is 0 Å². The van der Waals surface area contributed by atoms with Gasteiger partial charge in [0.05, 0.1) is 12.0 Å². The number of thiazole rings is 1. The van der Waals surface area contributed by atoms with Gasteiger partial charge in [-0.15, -0.1) is 0 Å². The lowest BCUT2D eigenvalue weighted by Crippen LogP contribution is -2.25. The topological polar surface area (TPSA) is 13.1 Å². The fourth-order valence-electron chi connectivity index (χ4n) is 2.07. The Bertz CT molecular complexity index is 661. The number of benzene rings is 2. The second kappa shape index (κ2) is 4.78. The summed E-state index contributed by atoms with van der Waals surface area (Å²) >= 11 is 1.69. The molecule has 0 aliphatic heterocycles. The number of hydrogen-bond donors (Lipinski definition) is 0. The highest BCUT2D eigenvalue weighted by molar-refractivity contribution is 7.07. The summed E-state index contributed by atoms with van der Waals surface area (Å²) in [7, 11) is 0. The Morgan fingerprint density at radius 2 is 2.17 bits per heavy atom. The first-order valence-corrected chi connectivity index (χ1v) is 6.92. The molecule has 18 heavy (non-hydrogen) atoms. The van der Waals surface area contributed by atoms with Crippen LogP contribution in [0, 0.1) is 0 Å². The van der Waals surface area contributed by atoms with Gasteiger partial charge in [0.2, 0.25) is 11.2 Å².